The van der Waals surface area contributed by atoms with E-state index in [0.717, 1.165) is 37.1 Å². The molecular weight excluding hydrogens is 545 g/mol. The SMILES string of the molecule is CC(C)(C)OC(=O)N(CC(F)(F)F)c1cc(N2CCS(O)(O)CC2)cc(CSc2nc3c(o2)CCCC3)n1. The minimum absolute atomic E-state index is 0.148. The molecule has 0 spiro atoms. The van der Waals surface area contributed by atoms with Crippen molar-refractivity contribution in [1.29, 1.82) is 0 Å². The van der Waals surface area contributed by atoms with E-state index in [-0.39, 0.29) is 23.1 Å². The molecule has 2 aliphatic rings. The van der Waals surface area contributed by atoms with Crippen molar-refractivity contribution in [3.8, 4) is 0 Å². The first kappa shape index (κ1) is 28.8. The summed E-state index contributed by atoms with van der Waals surface area (Å²) >= 11 is 1.28. The number of pyridine rings is 1. The molecule has 9 nitrogen and oxygen atoms in total. The quantitative estimate of drug-likeness (QED) is 0.392. The van der Waals surface area contributed by atoms with Crippen LogP contribution in [-0.4, -0.2) is 68.1 Å². The molecule has 0 bridgehead atoms. The van der Waals surface area contributed by atoms with Crippen LogP contribution in [0.4, 0.5) is 29.5 Å². The van der Waals surface area contributed by atoms with Crippen LogP contribution in [0.25, 0.3) is 0 Å². The van der Waals surface area contributed by atoms with Crippen LogP contribution in [0.1, 0.15) is 50.8 Å². The molecule has 0 radical (unpaired) electrons. The Kier molecular flexibility index (Phi) is 8.46. The fourth-order valence-electron chi connectivity index (χ4n) is 4.20. The average molecular weight is 579 g/mol. The van der Waals surface area contributed by atoms with Gasteiger partial charge in [-0.2, -0.15) is 23.8 Å². The summed E-state index contributed by atoms with van der Waals surface area (Å²) < 4.78 is 71.8. The number of aromatic nitrogens is 2. The Labute approximate surface area is 225 Å². The highest BCUT2D eigenvalue weighted by atomic mass is 32.3. The van der Waals surface area contributed by atoms with Gasteiger partial charge in [-0.3, -0.25) is 14.0 Å². The third kappa shape index (κ3) is 7.93. The monoisotopic (exact) mass is 578 g/mol. The van der Waals surface area contributed by atoms with Crippen LogP contribution in [0, 0.1) is 0 Å². The molecule has 1 fully saturated rings. The van der Waals surface area contributed by atoms with Gasteiger partial charge in [0, 0.05) is 37.0 Å². The molecule has 2 N–H and O–H groups in total. The maximum Gasteiger partial charge on any atom is 0.416 e. The third-order valence-corrected chi connectivity index (χ3v) is 8.52. The molecule has 4 rings (SSSR count). The Hall–Kier alpha value is -2.16. The molecule has 2 aromatic rings. The highest BCUT2D eigenvalue weighted by Crippen LogP contribution is 2.42. The summed E-state index contributed by atoms with van der Waals surface area (Å²) in [5.41, 5.74) is 0.881. The van der Waals surface area contributed by atoms with Gasteiger partial charge in [0.15, 0.2) is 0 Å². The van der Waals surface area contributed by atoms with E-state index in [4.69, 9.17) is 9.15 Å². The number of hydrogen-bond acceptors (Lipinski definition) is 9. The molecular formula is C24H33F3N4O5S2. The van der Waals surface area contributed by atoms with Crippen molar-refractivity contribution in [2.45, 2.75) is 69.2 Å². The van der Waals surface area contributed by atoms with E-state index in [0.29, 0.717) is 34.6 Å². The van der Waals surface area contributed by atoms with Gasteiger partial charge in [-0.05, 0) is 46.1 Å². The summed E-state index contributed by atoms with van der Waals surface area (Å²) in [5.74, 6) is 1.21. The molecule has 212 valence electrons. The van der Waals surface area contributed by atoms with Crippen molar-refractivity contribution in [1.82, 2.24) is 9.97 Å². The first-order valence-corrected chi connectivity index (χ1v) is 15.2. The number of amides is 1. The molecule has 14 heteroatoms. The molecule has 3 heterocycles. The van der Waals surface area contributed by atoms with Gasteiger partial charge >= 0.3 is 12.3 Å². The second-order valence-corrected chi connectivity index (χ2v) is 13.7. The number of fused-ring (bicyclic) bond motifs is 1. The fourth-order valence-corrected chi connectivity index (χ4v) is 6.18. The summed E-state index contributed by atoms with van der Waals surface area (Å²) in [5, 5.41) is 0.469. The van der Waals surface area contributed by atoms with Gasteiger partial charge in [-0.25, -0.2) is 14.8 Å². The number of anilines is 2. The first-order chi connectivity index (χ1) is 17.7. The van der Waals surface area contributed by atoms with Crippen LogP contribution in [0.3, 0.4) is 0 Å². The van der Waals surface area contributed by atoms with E-state index in [9.17, 15) is 27.1 Å². The van der Waals surface area contributed by atoms with Crippen molar-refractivity contribution < 1.29 is 36.2 Å². The van der Waals surface area contributed by atoms with Crippen molar-refractivity contribution in [3.63, 3.8) is 0 Å². The van der Waals surface area contributed by atoms with Crippen LogP contribution in [-0.2, 0) is 23.3 Å². The molecule has 0 unspecified atom stereocenters. The number of ether oxygens (including phenoxy) is 1. The predicted octanol–water partition coefficient (Wildman–Crippen LogP) is 6.12. The lowest BCUT2D eigenvalue weighted by Crippen LogP contribution is -2.43. The van der Waals surface area contributed by atoms with Gasteiger partial charge in [0.25, 0.3) is 5.22 Å². The number of hydrogen-bond donors (Lipinski definition) is 2. The Morgan fingerprint density at radius 3 is 2.47 bits per heavy atom. The molecule has 1 aliphatic heterocycles. The van der Waals surface area contributed by atoms with Gasteiger partial charge in [0.05, 0.1) is 22.9 Å². The Morgan fingerprint density at radius 1 is 1.16 bits per heavy atom. The minimum Gasteiger partial charge on any atom is -0.443 e. The summed E-state index contributed by atoms with van der Waals surface area (Å²) in [6.07, 6.45) is -2.07. The normalized spacial score (nSPS) is 18.6. The Balaban J connectivity index is 1.65. The van der Waals surface area contributed by atoms with Crippen LogP contribution in [0.2, 0.25) is 0 Å². The topological polar surface area (TPSA) is 112 Å². The summed E-state index contributed by atoms with van der Waals surface area (Å²) in [7, 11) is -2.68. The number of oxazole rings is 1. The summed E-state index contributed by atoms with van der Waals surface area (Å²) in [4.78, 5) is 24.2. The molecule has 1 amide bonds. The van der Waals surface area contributed by atoms with Crippen LogP contribution >= 0.6 is 22.4 Å². The Morgan fingerprint density at radius 2 is 1.84 bits per heavy atom. The van der Waals surface area contributed by atoms with Crippen molar-refractivity contribution in [2.24, 2.45) is 0 Å². The van der Waals surface area contributed by atoms with Crippen molar-refractivity contribution in [3.05, 3.63) is 29.3 Å². The van der Waals surface area contributed by atoms with E-state index in [1.165, 1.54) is 17.8 Å². The number of alkyl halides is 3. The smallest absolute Gasteiger partial charge is 0.416 e. The zero-order valence-electron chi connectivity index (χ0n) is 21.6. The maximum atomic E-state index is 13.5. The number of carbonyl (C=O) groups is 1. The zero-order chi connectivity index (χ0) is 27.7. The lowest BCUT2D eigenvalue weighted by atomic mass is 10.0. The van der Waals surface area contributed by atoms with Crippen LogP contribution in [0.15, 0.2) is 21.8 Å². The number of aryl methyl sites for hydroxylation is 2. The number of carbonyl (C=O) groups excluding carboxylic acids is 1. The highest BCUT2D eigenvalue weighted by Gasteiger charge is 2.37. The molecule has 1 aliphatic carbocycles. The number of nitrogens with zero attached hydrogens (tertiary/aromatic N) is 4. The minimum atomic E-state index is -4.69. The van der Waals surface area contributed by atoms with Gasteiger partial charge < -0.3 is 14.1 Å². The predicted molar refractivity (Wildman–Crippen MR) is 141 cm³/mol. The molecule has 2 aromatic heterocycles. The average Bonchev–Trinajstić information content (AvgIpc) is 3.22. The second-order valence-electron chi connectivity index (χ2n) is 10.4. The van der Waals surface area contributed by atoms with Gasteiger partial charge in [-0.1, -0.05) is 11.8 Å². The van der Waals surface area contributed by atoms with E-state index < -0.39 is 35.0 Å². The zero-order valence-corrected chi connectivity index (χ0v) is 23.2. The standard InChI is InChI=1S/C24H33F3N4O5S2/c1-23(2,3)36-22(32)31(15-24(25,26)27)20-13-17(30-8-10-38(33,34)11-9-30)12-16(28-20)14-37-21-29-18-6-4-5-7-19(18)35-21/h12-13,33-34H,4-11,14-15H2,1-3H3. The molecule has 0 saturated carbocycles. The van der Waals surface area contributed by atoms with Crippen LogP contribution in [0.5, 0.6) is 0 Å². The van der Waals surface area contributed by atoms with E-state index >= 15 is 0 Å². The molecule has 0 aromatic carbocycles. The lowest BCUT2D eigenvalue weighted by molar-refractivity contribution is -0.119. The summed E-state index contributed by atoms with van der Waals surface area (Å²) in [6, 6.07) is 3.14. The number of halogens is 3. The largest absolute Gasteiger partial charge is 0.443 e. The highest BCUT2D eigenvalue weighted by molar-refractivity contribution is 8.24. The fraction of sp³-hybridized carbons (Fsp3) is 0.625. The van der Waals surface area contributed by atoms with Gasteiger partial charge in [0.2, 0.25) is 0 Å². The van der Waals surface area contributed by atoms with Gasteiger partial charge in [-0.15, -0.1) is 0 Å². The third-order valence-electron chi connectivity index (χ3n) is 5.99. The summed E-state index contributed by atoms with van der Waals surface area (Å²) in [6.45, 7) is 3.75. The van der Waals surface area contributed by atoms with Gasteiger partial charge in [0.1, 0.15) is 23.7 Å². The van der Waals surface area contributed by atoms with Crippen molar-refractivity contribution in [2.75, 3.05) is 40.9 Å². The second kappa shape index (κ2) is 11.1. The molecule has 38 heavy (non-hydrogen) atoms. The maximum absolute atomic E-state index is 13.5. The Bertz CT molecular complexity index is 1120. The number of thioether (sulfide) groups is 1. The van der Waals surface area contributed by atoms with E-state index in [1.54, 1.807) is 26.8 Å². The molecule has 1 saturated heterocycles. The van der Waals surface area contributed by atoms with Crippen LogP contribution < -0.4 is 9.80 Å². The number of rotatable bonds is 6. The van der Waals surface area contributed by atoms with E-state index in [2.05, 4.69) is 9.97 Å². The lowest BCUT2D eigenvalue weighted by Gasteiger charge is -2.42. The van der Waals surface area contributed by atoms with Crippen molar-refractivity contribution >= 4 is 40.0 Å². The molecule has 0 atom stereocenters. The first-order valence-electron chi connectivity index (χ1n) is 12.4. The van der Waals surface area contributed by atoms with E-state index in [1.807, 2.05) is 4.90 Å².